The van der Waals surface area contributed by atoms with Gasteiger partial charge in [-0.05, 0) is 46.7 Å². The molecule has 4 aromatic carbocycles. The maximum absolute atomic E-state index is 13.1. The molecule has 0 aromatic heterocycles. The average molecular weight is 440 g/mol. The van der Waals surface area contributed by atoms with Gasteiger partial charge >= 0.3 is 0 Å². The number of para-hydroxylation sites is 1. The van der Waals surface area contributed by atoms with Gasteiger partial charge in [0, 0.05) is 22.2 Å². The Hall–Kier alpha value is -3.79. The van der Waals surface area contributed by atoms with Crippen molar-refractivity contribution in [1.82, 2.24) is 0 Å². The summed E-state index contributed by atoms with van der Waals surface area (Å²) in [5.41, 5.74) is 3.23. The first-order valence-electron chi connectivity index (χ1n) is 11.0. The van der Waals surface area contributed by atoms with Crippen molar-refractivity contribution in [3.05, 3.63) is 102 Å². The van der Waals surface area contributed by atoms with Crippen molar-refractivity contribution < 1.29 is 14.3 Å². The predicted molar refractivity (Wildman–Crippen MR) is 134 cm³/mol. The molecule has 0 atom stereocenters. The highest BCUT2D eigenvalue weighted by molar-refractivity contribution is 6.09. The van der Waals surface area contributed by atoms with Crippen LogP contribution in [0.25, 0.3) is 10.8 Å². The Morgan fingerprint density at radius 3 is 2.36 bits per heavy atom. The molecule has 0 saturated heterocycles. The smallest absolute Gasteiger partial charge is 0.255 e. The number of hydrogen-bond donors (Lipinski definition) is 1. The lowest BCUT2D eigenvalue weighted by Gasteiger charge is -2.23. The Balaban J connectivity index is 1.58. The van der Waals surface area contributed by atoms with Gasteiger partial charge in [-0.15, -0.1) is 0 Å². The maximum Gasteiger partial charge on any atom is 0.255 e. The minimum absolute atomic E-state index is 0.0408. The van der Waals surface area contributed by atoms with Crippen molar-refractivity contribution in [2.45, 2.75) is 32.8 Å². The van der Waals surface area contributed by atoms with Crippen LogP contribution in [0.4, 0.5) is 5.69 Å². The number of amides is 1. The summed E-state index contributed by atoms with van der Waals surface area (Å²) in [5.74, 6) is 1.34. The second kappa shape index (κ2) is 9.37. The molecule has 0 radical (unpaired) electrons. The van der Waals surface area contributed by atoms with E-state index in [-0.39, 0.29) is 11.3 Å². The molecular formula is C29H29NO3. The van der Waals surface area contributed by atoms with Crippen molar-refractivity contribution in [3.8, 4) is 11.5 Å². The van der Waals surface area contributed by atoms with Crippen molar-refractivity contribution in [3.63, 3.8) is 0 Å². The zero-order chi connectivity index (χ0) is 23.4. The molecule has 4 aromatic rings. The molecule has 168 valence electrons. The SMILES string of the molecule is COc1ccc(C(=O)Nc2cccc3ccccc23)cc1COc1ccccc1C(C)(C)C. The van der Waals surface area contributed by atoms with Crippen LogP contribution >= 0.6 is 0 Å². The zero-order valence-corrected chi connectivity index (χ0v) is 19.5. The number of hydrogen-bond acceptors (Lipinski definition) is 3. The van der Waals surface area contributed by atoms with Crippen molar-refractivity contribution >= 4 is 22.4 Å². The normalized spacial score (nSPS) is 11.3. The molecule has 4 heteroatoms. The van der Waals surface area contributed by atoms with E-state index in [0.717, 1.165) is 33.3 Å². The Morgan fingerprint density at radius 1 is 0.848 bits per heavy atom. The third kappa shape index (κ3) is 5.01. The molecule has 4 nitrogen and oxygen atoms in total. The fraction of sp³-hybridized carbons (Fsp3) is 0.207. The van der Waals surface area contributed by atoms with Gasteiger partial charge in [-0.2, -0.15) is 0 Å². The van der Waals surface area contributed by atoms with E-state index in [4.69, 9.17) is 9.47 Å². The molecule has 0 heterocycles. The fourth-order valence-corrected chi connectivity index (χ4v) is 3.93. The van der Waals surface area contributed by atoms with Gasteiger partial charge in [0.25, 0.3) is 5.91 Å². The lowest BCUT2D eigenvalue weighted by Crippen LogP contribution is -2.14. The molecule has 0 bridgehead atoms. The first-order valence-corrected chi connectivity index (χ1v) is 11.0. The second-order valence-electron chi connectivity index (χ2n) is 9.04. The molecule has 0 spiro atoms. The van der Waals surface area contributed by atoms with E-state index < -0.39 is 0 Å². The number of methoxy groups -OCH3 is 1. The Kier molecular flexibility index (Phi) is 6.36. The van der Waals surface area contributed by atoms with Crippen molar-refractivity contribution in [1.29, 1.82) is 0 Å². The van der Waals surface area contributed by atoms with Crippen LogP contribution in [0.15, 0.2) is 84.9 Å². The first-order chi connectivity index (χ1) is 15.9. The van der Waals surface area contributed by atoms with Gasteiger partial charge < -0.3 is 14.8 Å². The lowest BCUT2D eigenvalue weighted by molar-refractivity contribution is 0.102. The minimum atomic E-state index is -0.176. The molecule has 33 heavy (non-hydrogen) atoms. The summed E-state index contributed by atoms with van der Waals surface area (Å²) >= 11 is 0. The predicted octanol–water partition coefficient (Wildman–Crippen LogP) is 6.98. The second-order valence-corrected chi connectivity index (χ2v) is 9.04. The molecule has 0 unspecified atom stereocenters. The van der Waals surface area contributed by atoms with E-state index >= 15 is 0 Å². The van der Waals surface area contributed by atoms with Gasteiger partial charge in [0.05, 0.1) is 7.11 Å². The molecule has 4 rings (SSSR count). The van der Waals surface area contributed by atoms with Crippen LogP contribution in [0.5, 0.6) is 11.5 Å². The van der Waals surface area contributed by atoms with Gasteiger partial charge in [-0.3, -0.25) is 4.79 Å². The quantitative estimate of drug-likeness (QED) is 0.353. The van der Waals surface area contributed by atoms with Crippen LogP contribution in [0.1, 0.15) is 42.3 Å². The van der Waals surface area contributed by atoms with Crippen LogP contribution in [0.3, 0.4) is 0 Å². The summed E-state index contributed by atoms with van der Waals surface area (Å²) < 4.78 is 11.7. The Labute approximate surface area is 195 Å². The third-order valence-corrected chi connectivity index (χ3v) is 5.66. The highest BCUT2D eigenvalue weighted by Gasteiger charge is 2.19. The minimum Gasteiger partial charge on any atom is -0.496 e. The molecule has 0 aliphatic carbocycles. The van der Waals surface area contributed by atoms with Gasteiger partial charge in [-0.25, -0.2) is 0 Å². The average Bonchev–Trinajstić information content (AvgIpc) is 2.82. The summed E-state index contributed by atoms with van der Waals surface area (Å²) in [5, 5.41) is 5.13. The summed E-state index contributed by atoms with van der Waals surface area (Å²) in [4.78, 5) is 13.1. The third-order valence-electron chi connectivity index (χ3n) is 5.66. The standard InChI is InChI=1S/C29H29NO3/c1-29(2,3)24-13-7-8-15-27(24)33-19-22-18-21(16-17-26(22)32-4)28(31)30-25-14-9-11-20-10-5-6-12-23(20)25/h5-18H,19H2,1-4H3,(H,30,31). The number of carbonyl (C=O) groups excluding carboxylic acids is 1. The Bertz CT molecular complexity index is 1280. The topological polar surface area (TPSA) is 47.6 Å². The highest BCUT2D eigenvalue weighted by Crippen LogP contribution is 2.32. The number of nitrogens with one attached hydrogen (secondary N) is 1. The van der Waals surface area contributed by atoms with Crippen LogP contribution in [0, 0.1) is 0 Å². The summed E-state index contributed by atoms with van der Waals surface area (Å²) in [6, 6.07) is 27.3. The number of carbonyl (C=O) groups is 1. The van der Waals surface area contributed by atoms with Crippen LogP contribution < -0.4 is 14.8 Å². The van der Waals surface area contributed by atoms with E-state index in [0.29, 0.717) is 17.9 Å². The van der Waals surface area contributed by atoms with E-state index in [1.54, 1.807) is 13.2 Å². The van der Waals surface area contributed by atoms with Gasteiger partial charge in [0.15, 0.2) is 0 Å². The van der Waals surface area contributed by atoms with Gasteiger partial charge in [0.1, 0.15) is 18.1 Å². The van der Waals surface area contributed by atoms with E-state index in [1.807, 2.05) is 72.8 Å². The molecular weight excluding hydrogens is 410 g/mol. The molecule has 1 N–H and O–H groups in total. The van der Waals surface area contributed by atoms with Gasteiger partial charge in [-0.1, -0.05) is 75.4 Å². The molecule has 0 fully saturated rings. The van der Waals surface area contributed by atoms with Gasteiger partial charge in [0.2, 0.25) is 0 Å². The summed E-state index contributed by atoms with van der Waals surface area (Å²) in [6.45, 7) is 6.78. The fourth-order valence-electron chi connectivity index (χ4n) is 3.93. The molecule has 0 saturated carbocycles. The van der Waals surface area contributed by atoms with Crippen LogP contribution in [0.2, 0.25) is 0 Å². The summed E-state index contributed by atoms with van der Waals surface area (Å²) in [7, 11) is 1.62. The zero-order valence-electron chi connectivity index (χ0n) is 19.5. The monoisotopic (exact) mass is 439 g/mol. The van der Waals surface area contributed by atoms with Crippen LogP contribution in [-0.4, -0.2) is 13.0 Å². The van der Waals surface area contributed by atoms with Crippen LogP contribution in [-0.2, 0) is 12.0 Å². The summed E-state index contributed by atoms with van der Waals surface area (Å²) in [6.07, 6.45) is 0. The molecule has 0 aliphatic rings. The maximum atomic E-state index is 13.1. The first kappa shape index (κ1) is 22.4. The highest BCUT2D eigenvalue weighted by atomic mass is 16.5. The number of anilines is 1. The molecule has 0 aliphatic heterocycles. The van der Waals surface area contributed by atoms with Crippen molar-refractivity contribution in [2.24, 2.45) is 0 Å². The number of fused-ring (bicyclic) bond motifs is 1. The lowest BCUT2D eigenvalue weighted by atomic mass is 9.86. The van der Waals surface area contributed by atoms with E-state index in [2.05, 4.69) is 32.2 Å². The largest absolute Gasteiger partial charge is 0.496 e. The number of rotatable bonds is 6. The molecule has 1 amide bonds. The van der Waals surface area contributed by atoms with Crippen molar-refractivity contribution in [2.75, 3.05) is 12.4 Å². The van der Waals surface area contributed by atoms with E-state index in [9.17, 15) is 4.79 Å². The Morgan fingerprint density at radius 2 is 1.58 bits per heavy atom. The number of ether oxygens (including phenoxy) is 2. The van der Waals surface area contributed by atoms with E-state index in [1.165, 1.54) is 0 Å². The number of benzene rings is 4.